The summed E-state index contributed by atoms with van der Waals surface area (Å²) in [6.45, 7) is 0. The molecule has 0 aromatic carbocycles. The van der Waals surface area contributed by atoms with Crippen LogP contribution in [0.2, 0.25) is 0 Å². The van der Waals surface area contributed by atoms with Crippen LogP contribution in [0.15, 0.2) is 0 Å². The highest BCUT2D eigenvalue weighted by atomic mass is 16.5. The number of aliphatic hydroxyl groups is 2. The van der Waals surface area contributed by atoms with Crippen molar-refractivity contribution in [1.82, 2.24) is 0 Å². The molecule has 6 saturated carbocycles. The number of carbonyl (C=O) groups excluding carboxylic acids is 3. The Hall–Kier alpha value is -1.47. The van der Waals surface area contributed by atoms with Crippen molar-refractivity contribution >= 4 is 17.7 Å². The number of hydrogen-bond donors (Lipinski definition) is 2. The van der Waals surface area contributed by atoms with Gasteiger partial charge in [0.1, 0.15) is 18.0 Å². The summed E-state index contributed by atoms with van der Waals surface area (Å²) in [5.74, 6) is 1.43. The Morgan fingerprint density at radius 2 is 0.857 bits per heavy atom. The number of ketones is 1. The first kappa shape index (κ1) is 30.6. The summed E-state index contributed by atoms with van der Waals surface area (Å²) in [6, 6.07) is 0. The topological polar surface area (TPSA) is 110 Å². The van der Waals surface area contributed by atoms with Crippen molar-refractivity contribution in [2.24, 2.45) is 47.3 Å². The molecule has 0 radical (unpaired) electrons. The third kappa shape index (κ3) is 6.92. The van der Waals surface area contributed by atoms with Crippen LogP contribution in [0, 0.1) is 47.3 Å². The fraction of sp³-hybridized carbons (Fsp3) is 0.914. The molecule has 6 aliphatic carbocycles. The van der Waals surface area contributed by atoms with Crippen LogP contribution in [0.1, 0.15) is 128 Å². The largest absolute Gasteiger partial charge is 0.462 e. The van der Waals surface area contributed by atoms with Crippen LogP contribution >= 0.6 is 0 Å². The van der Waals surface area contributed by atoms with Gasteiger partial charge in [-0.25, -0.2) is 0 Å². The second-order valence-electron chi connectivity index (χ2n) is 15.1. The number of carbonyl (C=O) groups is 3. The molecule has 12 unspecified atom stereocenters. The van der Waals surface area contributed by atoms with Crippen molar-refractivity contribution in [2.45, 2.75) is 153 Å². The van der Waals surface area contributed by atoms with Crippen LogP contribution in [0.3, 0.4) is 0 Å². The summed E-state index contributed by atoms with van der Waals surface area (Å²) in [5, 5.41) is 21.9. The van der Waals surface area contributed by atoms with Crippen molar-refractivity contribution in [3.63, 3.8) is 0 Å². The molecule has 0 aliphatic heterocycles. The molecular formula is C35H54O7. The van der Waals surface area contributed by atoms with Gasteiger partial charge in [0.15, 0.2) is 0 Å². The molecule has 2 N–H and O–H groups in total. The van der Waals surface area contributed by atoms with E-state index in [4.69, 9.17) is 9.47 Å². The van der Waals surface area contributed by atoms with Crippen molar-refractivity contribution in [2.75, 3.05) is 0 Å². The van der Waals surface area contributed by atoms with E-state index in [2.05, 4.69) is 0 Å². The van der Waals surface area contributed by atoms with Crippen molar-refractivity contribution < 1.29 is 34.1 Å². The monoisotopic (exact) mass is 586 g/mol. The number of hydrogen-bond acceptors (Lipinski definition) is 7. The molecule has 0 aromatic heterocycles. The Morgan fingerprint density at radius 1 is 0.452 bits per heavy atom. The highest BCUT2D eigenvalue weighted by Crippen LogP contribution is 2.45. The Morgan fingerprint density at radius 3 is 1.26 bits per heavy atom. The van der Waals surface area contributed by atoms with Crippen LogP contribution < -0.4 is 0 Å². The fourth-order valence-corrected chi connectivity index (χ4v) is 10.1. The molecule has 6 aliphatic rings. The fourth-order valence-electron chi connectivity index (χ4n) is 10.1. The van der Waals surface area contributed by atoms with Gasteiger partial charge < -0.3 is 19.7 Å². The molecule has 0 bridgehead atoms. The maximum Gasteiger partial charge on any atom is 0.309 e. The molecule has 0 aromatic rings. The third-order valence-electron chi connectivity index (χ3n) is 12.6. The molecule has 236 valence electrons. The Labute approximate surface area is 251 Å². The summed E-state index contributed by atoms with van der Waals surface area (Å²) in [7, 11) is 0. The number of rotatable bonds is 6. The second-order valence-corrected chi connectivity index (χ2v) is 15.1. The lowest BCUT2D eigenvalue weighted by atomic mass is 9.67. The van der Waals surface area contributed by atoms with Gasteiger partial charge in [0.2, 0.25) is 0 Å². The normalized spacial score (nSPS) is 44.2. The van der Waals surface area contributed by atoms with Crippen LogP contribution in [0.25, 0.3) is 0 Å². The zero-order valence-electron chi connectivity index (χ0n) is 25.5. The Bertz CT molecular complexity index is 891. The van der Waals surface area contributed by atoms with Gasteiger partial charge in [-0.05, 0) is 87.9 Å². The van der Waals surface area contributed by atoms with Crippen LogP contribution in [0.4, 0.5) is 0 Å². The van der Waals surface area contributed by atoms with E-state index < -0.39 is 24.0 Å². The quantitative estimate of drug-likeness (QED) is 0.372. The van der Waals surface area contributed by atoms with E-state index >= 15 is 0 Å². The zero-order valence-corrected chi connectivity index (χ0v) is 25.5. The number of Topliss-reactive ketones (excluding diaryl/α,β-unsaturated/α-hetero) is 1. The molecule has 0 saturated heterocycles. The van der Waals surface area contributed by atoms with Gasteiger partial charge in [-0.15, -0.1) is 0 Å². The number of aliphatic hydroxyl groups excluding tert-OH is 2. The molecule has 0 spiro atoms. The van der Waals surface area contributed by atoms with Gasteiger partial charge in [0, 0.05) is 24.7 Å². The Kier molecular flexibility index (Phi) is 9.94. The van der Waals surface area contributed by atoms with E-state index in [1.807, 2.05) is 0 Å². The van der Waals surface area contributed by atoms with Gasteiger partial charge in [-0.3, -0.25) is 14.4 Å². The minimum absolute atomic E-state index is 0.0254. The Balaban J connectivity index is 0.932. The van der Waals surface area contributed by atoms with Gasteiger partial charge in [0.25, 0.3) is 0 Å². The van der Waals surface area contributed by atoms with Crippen molar-refractivity contribution in [3.05, 3.63) is 0 Å². The predicted molar refractivity (Wildman–Crippen MR) is 157 cm³/mol. The minimum Gasteiger partial charge on any atom is -0.462 e. The zero-order chi connectivity index (χ0) is 29.2. The summed E-state index contributed by atoms with van der Waals surface area (Å²) in [4.78, 5) is 39.4. The van der Waals surface area contributed by atoms with Gasteiger partial charge in [-0.2, -0.15) is 0 Å². The number of ether oxygens (including phenoxy) is 2. The first-order chi connectivity index (χ1) is 20.4. The average Bonchev–Trinajstić information content (AvgIpc) is 3.00. The maximum atomic E-state index is 13.5. The van der Waals surface area contributed by atoms with E-state index in [0.29, 0.717) is 37.5 Å². The number of esters is 2. The lowest BCUT2D eigenvalue weighted by molar-refractivity contribution is -0.163. The van der Waals surface area contributed by atoms with E-state index in [0.717, 1.165) is 50.4 Å². The van der Waals surface area contributed by atoms with Crippen molar-refractivity contribution in [3.8, 4) is 0 Å². The third-order valence-corrected chi connectivity index (χ3v) is 12.6. The van der Waals surface area contributed by atoms with E-state index in [1.54, 1.807) is 0 Å². The lowest BCUT2D eigenvalue weighted by Gasteiger charge is -2.40. The van der Waals surface area contributed by atoms with Gasteiger partial charge >= 0.3 is 11.9 Å². The maximum absolute atomic E-state index is 13.5. The average molecular weight is 587 g/mol. The summed E-state index contributed by atoms with van der Waals surface area (Å²) < 4.78 is 11.8. The summed E-state index contributed by atoms with van der Waals surface area (Å²) >= 11 is 0. The highest BCUT2D eigenvalue weighted by Gasteiger charge is 2.44. The standard InChI is InChI=1S/C35H54O7/c36-31-19-27(41-34(39)25-11-9-21-5-1-3-7-23(21)17-25)13-15-29(31)33(38)30-16-14-28(20-32(30)37)42-35(40)26-12-10-22-6-2-4-8-24(22)18-26/h21-32,36-37H,1-20H2. The van der Waals surface area contributed by atoms with Crippen LogP contribution in [-0.4, -0.2) is 52.4 Å². The van der Waals surface area contributed by atoms with Crippen LogP contribution in [0.5, 0.6) is 0 Å². The summed E-state index contributed by atoms with van der Waals surface area (Å²) in [6.07, 6.45) is 16.5. The van der Waals surface area contributed by atoms with Gasteiger partial charge in [0.05, 0.1) is 24.0 Å². The molecule has 12 atom stereocenters. The molecule has 7 heteroatoms. The predicted octanol–water partition coefficient (Wildman–Crippen LogP) is 5.91. The summed E-state index contributed by atoms with van der Waals surface area (Å²) in [5.41, 5.74) is 0. The number of fused-ring (bicyclic) bond motifs is 2. The molecule has 6 fully saturated rings. The van der Waals surface area contributed by atoms with Gasteiger partial charge in [-0.1, -0.05) is 51.4 Å². The van der Waals surface area contributed by atoms with E-state index in [-0.39, 0.29) is 54.6 Å². The lowest BCUT2D eigenvalue weighted by Crippen LogP contribution is -2.46. The SMILES string of the molecule is O=C(OC1CCC(C(=O)C2CCC(OC(=O)C3CCC4CCCCC4C3)CC2O)C(O)C1)C1CCC2CCCCC2C1. The molecule has 7 nitrogen and oxygen atoms in total. The smallest absolute Gasteiger partial charge is 0.309 e. The van der Waals surface area contributed by atoms with E-state index in [9.17, 15) is 24.6 Å². The minimum atomic E-state index is -0.865. The second kappa shape index (κ2) is 13.7. The van der Waals surface area contributed by atoms with Crippen molar-refractivity contribution in [1.29, 1.82) is 0 Å². The first-order valence-electron chi connectivity index (χ1n) is 17.7. The molecule has 42 heavy (non-hydrogen) atoms. The molecule has 0 heterocycles. The highest BCUT2D eigenvalue weighted by molar-refractivity contribution is 5.85. The van der Waals surface area contributed by atoms with Crippen LogP contribution in [-0.2, 0) is 23.9 Å². The molecule has 6 rings (SSSR count). The molecular weight excluding hydrogens is 532 g/mol. The van der Waals surface area contributed by atoms with E-state index in [1.165, 1.54) is 51.4 Å². The molecule has 0 amide bonds. The first-order valence-corrected chi connectivity index (χ1v) is 17.7.